The van der Waals surface area contributed by atoms with Gasteiger partial charge in [0.05, 0.1) is 6.33 Å². The Morgan fingerprint density at radius 2 is 2.25 bits per heavy atom. The van der Waals surface area contributed by atoms with Gasteiger partial charge in [-0.05, 0) is 19.3 Å². The van der Waals surface area contributed by atoms with E-state index in [9.17, 15) is 0 Å². The summed E-state index contributed by atoms with van der Waals surface area (Å²) in [6, 6.07) is 0. The lowest BCUT2D eigenvalue weighted by Gasteiger charge is -2.20. The fourth-order valence-electron chi connectivity index (χ4n) is 1.94. The molecule has 2 N–H and O–H groups in total. The maximum absolute atomic E-state index is 5.83. The fourth-order valence-corrected chi connectivity index (χ4v) is 1.94. The fraction of sp³-hybridized carbons (Fsp3) is 0.615. The first-order valence-corrected chi connectivity index (χ1v) is 6.02. The van der Waals surface area contributed by atoms with Gasteiger partial charge in [-0.15, -0.1) is 0 Å². The van der Waals surface area contributed by atoms with Crippen LogP contribution in [0.1, 0.15) is 38.8 Å². The Morgan fingerprint density at radius 3 is 2.81 bits per heavy atom. The first-order valence-electron chi connectivity index (χ1n) is 6.02. The Bertz CT molecular complexity index is 326. The number of imidazole rings is 1. The van der Waals surface area contributed by atoms with Crippen LogP contribution in [0.4, 0.5) is 0 Å². The highest BCUT2D eigenvalue weighted by Crippen LogP contribution is 2.23. The molecular weight excluding hydrogens is 198 g/mol. The van der Waals surface area contributed by atoms with E-state index in [1.54, 1.807) is 0 Å². The Morgan fingerprint density at radius 1 is 1.50 bits per heavy atom. The molecule has 16 heavy (non-hydrogen) atoms. The highest BCUT2D eigenvalue weighted by atomic mass is 15.0. The first-order chi connectivity index (χ1) is 7.70. The quantitative estimate of drug-likeness (QED) is 0.750. The van der Waals surface area contributed by atoms with Crippen molar-refractivity contribution in [1.29, 1.82) is 0 Å². The predicted octanol–water partition coefficient (Wildman–Crippen LogP) is 2.55. The Labute approximate surface area is 98.4 Å². The molecule has 1 atom stereocenters. The molecule has 0 amide bonds. The smallest absolute Gasteiger partial charge is 0.0948 e. The summed E-state index contributed by atoms with van der Waals surface area (Å²) in [5.74, 6) is 0.968. The summed E-state index contributed by atoms with van der Waals surface area (Å²) >= 11 is 0. The van der Waals surface area contributed by atoms with Gasteiger partial charge in [-0.2, -0.15) is 0 Å². The third-order valence-electron chi connectivity index (χ3n) is 2.96. The van der Waals surface area contributed by atoms with Gasteiger partial charge < -0.3 is 10.3 Å². The standard InChI is InChI=1S/C13H23N3/c1-4-5-6-7-16-10-15-9-13(16)12(8-14)11(2)3/h4-5,9-12H,6-8,14H2,1-3H3/b5-4+. The number of rotatable bonds is 6. The number of nitrogens with zero attached hydrogens (tertiary/aromatic N) is 2. The van der Waals surface area contributed by atoms with Gasteiger partial charge in [0.1, 0.15) is 0 Å². The third kappa shape index (κ3) is 3.20. The average molecular weight is 221 g/mol. The van der Waals surface area contributed by atoms with E-state index < -0.39 is 0 Å². The molecule has 0 fully saturated rings. The SMILES string of the molecule is C/C=C/CCn1cncc1C(CN)C(C)C. The van der Waals surface area contributed by atoms with Crippen LogP contribution in [0.5, 0.6) is 0 Å². The molecule has 0 aliphatic carbocycles. The highest BCUT2D eigenvalue weighted by Gasteiger charge is 2.17. The van der Waals surface area contributed by atoms with E-state index in [0.29, 0.717) is 18.4 Å². The van der Waals surface area contributed by atoms with Crippen LogP contribution >= 0.6 is 0 Å². The van der Waals surface area contributed by atoms with Gasteiger partial charge in [0.15, 0.2) is 0 Å². The van der Waals surface area contributed by atoms with Crippen LogP contribution in [0, 0.1) is 5.92 Å². The van der Waals surface area contributed by atoms with Gasteiger partial charge in [-0.25, -0.2) is 4.98 Å². The van der Waals surface area contributed by atoms with Crippen LogP contribution in [0.2, 0.25) is 0 Å². The lowest BCUT2D eigenvalue weighted by Crippen LogP contribution is -2.20. The Kier molecular flexibility index (Phi) is 5.26. The van der Waals surface area contributed by atoms with E-state index in [1.807, 2.05) is 19.4 Å². The molecule has 1 aromatic rings. The zero-order valence-electron chi connectivity index (χ0n) is 10.6. The number of nitrogens with two attached hydrogens (primary N) is 1. The van der Waals surface area contributed by atoms with Gasteiger partial charge in [-0.3, -0.25) is 0 Å². The van der Waals surface area contributed by atoms with Crippen molar-refractivity contribution >= 4 is 0 Å². The molecule has 0 saturated heterocycles. The second-order valence-electron chi connectivity index (χ2n) is 4.46. The van der Waals surface area contributed by atoms with Crippen LogP contribution in [-0.2, 0) is 6.54 Å². The number of allylic oxidation sites excluding steroid dienone is 2. The molecule has 1 aromatic heterocycles. The zero-order chi connectivity index (χ0) is 12.0. The molecule has 0 spiro atoms. The molecule has 0 saturated carbocycles. The molecule has 0 radical (unpaired) electrons. The lowest BCUT2D eigenvalue weighted by molar-refractivity contribution is 0.472. The van der Waals surface area contributed by atoms with Crippen molar-refractivity contribution < 1.29 is 0 Å². The van der Waals surface area contributed by atoms with E-state index in [4.69, 9.17) is 5.73 Å². The van der Waals surface area contributed by atoms with Crippen molar-refractivity contribution in [2.24, 2.45) is 11.7 Å². The number of hydrogen-bond donors (Lipinski definition) is 1. The van der Waals surface area contributed by atoms with Gasteiger partial charge in [0.2, 0.25) is 0 Å². The number of hydrogen-bond acceptors (Lipinski definition) is 2. The van der Waals surface area contributed by atoms with Crippen molar-refractivity contribution in [3.8, 4) is 0 Å². The van der Waals surface area contributed by atoms with Crippen molar-refractivity contribution in [2.45, 2.75) is 39.7 Å². The summed E-state index contributed by atoms with van der Waals surface area (Å²) in [7, 11) is 0. The summed E-state index contributed by atoms with van der Waals surface area (Å²) < 4.78 is 2.22. The van der Waals surface area contributed by atoms with Gasteiger partial charge >= 0.3 is 0 Å². The van der Waals surface area contributed by atoms with E-state index >= 15 is 0 Å². The normalized spacial score (nSPS) is 13.8. The van der Waals surface area contributed by atoms with Crippen molar-refractivity contribution in [2.75, 3.05) is 6.54 Å². The lowest BCUT2D eigenvalue weighted by atomic mass is 9.93. The first kappa shape index (κ1) is 13.0. The summed E-state index contributed by atoms with van der Waals surface area (Å²) in [4.78, 5) is 4.24. The van der Waals surface area contributed by atoms with Crippen LogP contribution in [-0.4, -0.2) is 16.1 Å². The highest BCUT2D eigenvalue weighted by molar-refractivity contribution is 5.08. The third-order valence-corrected chi connectivity index (χ3v) is 2.96. The van der Waals surface area contributed by atoms with Gasteiger partial charge in [0.25, 0.3) is 0 Å². The van der Waals surface area contributed by atoms with E-state index in [-0.39, 0.29) is 0 Å². The van der Waals surface area contributed by atoms with Crippen LogP contribution in [0.15, 0.2) is 24.7 Å². The average Bonchev–Trinajstić information content (AvgIpc) is 2.68. The maximum atomic E-state index is 5.83. The molecule has 1 heterocycles. The second-order valence-corrected chi connectivity index (χ2v) is 4.46. The minimum Gasteiger partial charge on any atom is -0.334 e. The molecule has 3 nitrogen and oxygen atoms in total. The number of aryl methyl sites for hydroxylation is 1. The topological polar surface area (TPSA) is 43.8 Å². The summed E-state index contributed by atoms with van der Waals surface area (Å²) in [5.41, 5.74) is 7.10. The molecule has 0 bridgehead atoms. The Hall–Kier alpha value is -1.09. The molecule has 0 aliphatic rings. The zero-order valence-corrected chi connectivity index (χ0v) is 10.6. The Balaban J connectivity index is 2.75. The molecule has 0 aliphatic heterocycles. The van der Waals surface area contributed by atoms with Crippen molar-refractivity contribution in [1.82, 2.24) is 9.55 Å². The summed E-state index contributed by atoms with van der Waals surface area (Å²) in [5, 5.41) is 0. The summed E-state index contributed by atoms with van der Waals surface area (Å²) in [6.45, 7) is 8.14. The van der Waals surface area contributed by atoms with Gasteiger partial charge in [0, 0.05) is 30.9 Å². The van der Waals surface area contributed by atoms with Gasteiger partial charge in [-0.1, -0.05) is 26.0 Å². The molecule has 1 unspecified atom stereocenters. The molecule has 90 valence electrons. The number of aromatic nitrogens is 2. The van der Waals surface area contributed by atoms with Crippen LogP contribution in [0.25, 0.3) is 0 Å². The minimum absolute atomic E-state index is 0.410. The second kappa shape index (κ2) is 6.48. The van der Waals surface area contributed by atoms with Crippen molar-refractivity contribution in [3.63, 3.8) is 0 Å². The molecule has 0 aromatic carbocycles. The molecular formula is C13H23N3. The molecule has 3 heteroatoms. The maximum Gasteiger partial charge on any atom is 0.0948 e. The van der Waals surface area contributed by atoms with Crippen LogP contribution in [0.3, 0.4) is 0 Å². The predicted molar refractivity (Wildman–Crippen MR) is 68.3 cm³/mol. The van der Waals surface area contributed by atoms with E-state index in [1.165, 1.54) is 5.69 Å². The minimum atomic E-state index is 0.410. The monoisotopic (exact) mass is 221 g/mol. The van der Waals surface area contributed by atoms with Crippen molar-refractivity contribution in [3.05, 3.63) is 30.4 Å². The van der Waals surface area contributed by atoms with E-state index in [0.717, 1.165) is 13.0 Å². The summed E-state index contributed by atoms with van der Waals surface area (Å²) in [6.07, 6.45) is 9.17. The van der Waals surface area contributed by atoms with Crippen LogP contribution < -0.4 is 5.73 Å². The molecule has 1 rings (SSSR count). The largest absolute Gasteiger partial charge is 0.334 e. The van der Waals surface area contributed by atoms with E-state index in [2.05, 4.69) is 35.6 Å².